The standard InChI is InChI=1S/C44H67NO8S/c1-8-12-23-47-31-37-40(49-24-13-9-2)42(51-26-15-11-4)41(50-25-14-10-3)39(52-37)35-29-32(28-34-30-33-18-16-17-19-38(33)54-34)20-21-36(35)48-27-22-45-43(46)53-44(5,6)7/h16-21,29-30,37,39-42H,8-15,22-28,31H2,1-7H3,(H,45,46)/t37-,39+,40-,41+,42+/m1/s1. The van der Waals surface area contributed by atoms with Crippen LogP contribution in [0.5, 0.6) is 5.75 Å². The van der Waals surface area contributed by atoms with Crippen LogP contribution in [0.25, 0.3) is 10.1 Å². The molecular formula is C44H67NO8S. The number of benzene rings is 2. The number of hydrogen-bond acceptors (Lipinski definition) is 9. The summed E-state index contributed by atoms with van der Waals surface area (Å²) in [7, 11) is 0. The van der Waals surface area contributed by atoms with Gasteiger partial charge in [-0.05, 0) is 81.7 Å². The Balaban J connectivity index is 1.73. The maximum Gasteiger partial charge on any atom is 0.407 e. The first-order valence-electron chi connectivity index (χ1n) is 20.4. The van der Waals surface area contributed by atoms with Gasteiger partial charge in [0.25, 0.3) is 0 Å². The van der Waals surface area contributed by atoms with Gasteiger partial charge in [0.2, 0.25) is 0 Å². The predicted octanol–water partition coefficient (Wildman–Crippen LogP) is 10.2. The Morgan fingerprint density at radius 1 is 0.778 bits per heavy atom. The van der Waals surface area contributed by atoms with Crippen molar-refractivity contribution in [3.63, 3.8) is 0 Å². The lowest BCUT2D eigenvalue weighted by atomic mass is 9.89. The largest absolute Gasteiger partial charge is 0.491 e. The average molecular weight is 770 g/mol. The lowest BCUT2D eigenvalue weighted by Gasteiger charge is -2.46. The number of thiophene rings is 1. The first-order valence-corrected chi connectivity index (χ1v) is 21.3. The van der Waals surface area contributed by atoms with E-state index in [1.54, 1.807) is 0 Å². The SMILES string of the molecule is CCCCOC[C@H]1O[C@@H](c2cc(Cc3cc4ccccc4s3)ccc2OCCNC(=O)OC(C)(C)C)[C@H](OCCCC)[C@@H](OCCCC)[C@@H]1OCCCC. The molecule has 1 aliphatic rings. The van der Waals surface area contributed by atoms with Crippen LogP contribution in [-0.2, 0) is 34.8 Å². The van der Waals surface area contributed by atoms with E-state index in [1.165, 1.54) is 15.0 Å². The minimum atomic E-state index is -0.585. The van der Waals surface area contributed by atoms with Crippen molar-refractivity contribution >= 4 is 27.5 Å². The summed E-state index contributed by atoms with van der Waals surface area (Å²) >= 11 is 1.82. The van der Waals surface area contributed by atoms with Gasteiger partial charge in [-0.3, -0.25) is 0 Å². The molecule has 0 radical (unpaired) electrons. The Labute approximate surface area is 328 Å². The first-order chi connectivity index (χ1) is 26.2. The van der Waals surface area contributed by atoms with Crippen LogP contribution < -0.4 is 10.1 Å². The van der Waals surface area contributed by atoms with Crippen LogP contribution >= 0.6 is 11.3 Å². The third-order valence-electron chi connectivity index (χ3n) is 9.25. The van der Waals surface area contributed by atoms with E-state index in [4.69, 9.17) is 33.2 Å². The lowest BCUT2D eigenvalue weighted by Crippen LogP contribution is -2.58. The van der Waals surface area contributed by atoms with Gasteiger partial charge in [-0.15, -0.1) is 11.3 Å². The molecular weight excluding hydrogens is 703 g/mol. The fourth-order valence-electron chi connectivity index (χ4n) is 6.42. The highest BCUT2D eigenvalue weighted by molar-refractivity contribution is 7.19. The Kier molecular flexibility index (Phi) is 19.0. The van der Waals surface area contributed by atoms with Crippen LogP contribution in [-0.4, -0.2) is 82.3 Å². The Morgan fingerprint density at radius 2 is 1.43 bits per heavy atom. The van der Waals surface area contributed by atoms with Crippen LogP contribution in [0.2, 0.25) is 0 Å². The van der Waals surface area contributed by atoms with Gasteiger partial charge < -0.3 is 38.5 Å². The average Bonchev–Trinajstić information content (AvgIpc) is 3.55. The van der Waals surface area contributed by atoms with Crippen LogP contribution in [0.4, 0.5) is 4.79 Å². The summed E-state index contributed by atoms with van der Waals surface area (Å²) in [5.41, 5.74) is 1.45. The smallest absolute Gasteiger partial charge is 0.407 e. The number of carbonyl (C=O) groups is 1. The van der Waals surface area contributed by atoms with Crippen molar-refractivity contribution in [3.8, 4) is 5.75 Å². The van der Waals surface area contributed by atoms with Gasteiger partial charge in [-0.25, -0.2) is 4.79 Å². The van der Waals surface area contributed by atoms with E-state index in [2.05, 4.69) is 75.5 Å². The van der Waals surface area contributed by atoms with Crippen molar-refractivity contribution < 1.29 is 38.0 Å². The van der Waals surface area contributed by atoms with E-state index < -0.39 is 23.9 Å². The van der Waals surface area contributed by atoms with Crippen LogP contribution in [0.3, 0.4) is 0 Å². The maximum absolute atomic E-state index is 12.4. The third-order valence-corrected chi connectivity index (χ3v) is 10.4. The fraction of sp³-hybridized carbons (Fsp3) is 0.659. The highest BCUT2D eigenvalue weighted by atomic mass is 32.1. The molecule has 10 heteroatoms. The van der Waals surface area contributed by atoms with Crippen LogP contribution in [0, 0.1) is 0 Å². The molecule has 5 atom stereocenters. The van der Waals surface area contributed by atoms with E-state index in [1.807, 2.05) is 38.2 Å². The molecule has 302 valence electrons. The Bertz CT molecular complexity index is 1470. The highest BCUT2D eigenvalue weighted by Gasteiger charge is 2.49. The minimum Gasteiger partial charge on any atom is -0.491 e. The summed E-state index contributed by atoms with van der Waals surface area (Å²) in [4.78, 5) is 13.7. The molecule has 9 nitrogen and oxygen atoms in total. The molecule has 1 N–H and O–H groups in total. The van der Waals surface area contributed by atoms with Crippen molar-refractivity contribution in [2.75, 3.05) is 46.2 Å². The number of ether oxygens (including phenoxy) is 7. The number of carbonyl (C=O) groups excluding carboxylic acids is 1. The molecule has 0 bridgehead atoms. The number of alkyl carbamates (subject to hydrolysis) is 1. The van der Waals surface area contributed by atoms with E-state index >= 15 is 0 Å². The van der Waals surface area contributed by atoms with Gasteiger partial charge in [-0.1, -0.05) is 77.6 Å². The summed E-state index contributed by atoms with van der Waals surface area (Å²) < 4.78 is 46.9. The topological polar surface area (TPSA) is 93.7 Å². The quantitative estimate of drug-likeness (QED) is 0.0901. The molecule has 54 heavy (non-hydrogen) atoms. The summed E-state index contributed by atoms with van der Waals surface area (Å²) in [5.74, 6) is 0.679. The second kappa shape index (κ2) is 23.4. The molecule has 1 amide bonds. The second-order valence-electron chi connectivity index (χ2n) is 15.2. The second-order valence-corrected chi connectivity index (χ2v) is 16.3. The zero-order valence-corrected chi connectivity index (χ0v) is 34.8. The van der Waals surface area contributed by atoms with Gasteiger partial charge in [0.05, 0.1) is 13.2 Å². The summed E-state index contributed by atoms with van der Waals surface area (Å²) in [6.07, 6.45) is 6.10. The number of fused-ring (bicyclic) bond motifs is 1. The van der Waals surface area contributed by atoms with Gasteiger partial charge in [-0.2, -0.15) is 0 Å². The van der Waals surface area contributed by atoms with Crippen molar-refractivity contribution in [3.05, 3.63) is 64.5 Å². The molecule has 4 rings (SSSR count). The van der Waals surface area contributed by atoms with Gasteiger partial charge in [0.15, 0.2) is 0 Å². The van der Waals surface area contributed by atoms with Crippen molar-refractivity contribution in [2.24, 2.45) is 0 Å². The maximum atomic E-state index is 12.4. The molecule has 1 aromatic heterocycles. The first kappa shape index (κ1) is 44.0. The van der Waals surface area contributed by atoms with Crippen molar-refractivity contribution in [2.45, 2.75) is 142 Å². The number of rotatable bonds is 24. The molecule has 3 aromatic rings. The van der Waals surface area contributed by atoms with E-state index in [9.17, 15) is 4.79 Å². The highest BCUT2D eigenvalue weighted by Crippen LogP contribution is 2.42. The molecule has 0 aliphatic carbocycles. The number of nitrogens with one attached hydrogen (secondary N) is 1. The Morgan fingerprint density at radius 3 is 2.09 bits per heavy atom. The monoisotopic (exact) mass is 769 g/mol. The van der Waals surface area contributed by atoms with E-state index in [0.717, 1.165) is 68.9 Å². The fourth-order valence-corrected chi connectivity index (χ4v) is 7.52. The summed E-state index contributed by atoms with van der Waals surface area (Å²) in [6.45, 7) is 17.6. The molecule has 0 unspecified atom stereocenters. The predicted molar refractivity (Wildman–Crippen MR) is 218 cm³/mol. The molecule has 1 aliphatic heterocycles. The molecule has 2 aromatic carbocycles. The number of unbranched alkanes of at least 4 members (excludes halogenated alkanes) is 4. The zero-order chi connectivity index (χ0) is 38.8. The van der Waals surface area contributed by atoms with Gasteiger partial charge in [0.1, 0.15) is 48.5 Å². The van der Waals surface area contributed by atoms with Crippen LogP contribution in [0.1, 0.15) is 122 Å². The minimum absolute atomic E-state index is 0.249. The Hall–Kier alpha value is -2.73. The summed E-state index contributed by atoms with van der Waals surface area (Å²) in [6, 6.07) is 17.1. The third kappa shape index (κ3) is 14.1. The molecule has 2 heterocycles. The summed E-state index contributed by atoms with van der Waals surface area (Å²) in [5, 5.41) is 4.07. The number of hydrogen-bond donors (Lipinski definition) is 1. The van der Waals surface area contributed by atoms with Gasteiger partial charge in [0, 0.05) is 48.0 Å². The molecule has 0 saturated carbocycles. The normalized spacial score (nSPS) is 20.3. The molecule has 0 spiro atoms. The van der Waals surface area contributed by atoms with E-state index in [0.29, 0.717) is 38.8 Å². The van der Waals surface area contributed by atoms with Crippen LogP contribution in [0.15, 0.2) is 48.5 Å². The zero-order valence-electron chi connectivity index (χ0n) is 34.0. The van der Waals surface area contributed by atoms with Crippen molar-refractivity contribution in [1.29, 1.82) is 0 Å². The molecule has 1 fully saturated rings. The lowest BCUT2D eigenvalue weighted by molar-refractivity contribution is -0.268. The molecule has 1 saturated heterocycles. The van der Waals surface area contributed by atoms with Crippen molar-refractivity contribution in [1.82, 2.24) is 5.32 Å². The number of amides is 1. The van der Waals surface area contributed by atoms with Gasteiger partial charge >= 0.3 is 6.09 Å². The van der Waals surface area contributed by atoms with E-state index in [-0.39, 0.29) is 31.5 Å².